The molecule has 0 radical (unpaired) electrons. The van der Waals surface area contributed by atoms with E-state index in [2.05, 4.69) is 15.4 Å². The van der Waals surface area contributed by atoms with Crippen LogP contribution in [-0.4, -0.2) is 39.2 Å². The molecule has 0 aromatic heterocycles. The first-order valence-corrected chi connectivity index (χ1v) is 6.31. The van der Waals surface area contributed by atoms with E-state index in [1.54, 1.807) is 25.2 Å². The molecule has 1 rings (SSSR count). The van der Waals surface area contributed by atoms with Gasteiger partial charge in [-0.3, -0.25) is 4.79 Å². The van der Waals surface area contributed by atoms with Crippen molar-refractivity contribution in [2.75, 3.05) is 32.6 Å². The van der Waals surface area contributed by atoms with Gasteiger partial charge in [-0.1, -0.05) is 0 Å². The van der Waals surface area contributed by atoms with E-state index >= 15 is 0 Å². The summed E-state index contributed by atoms with van der Waals surface area (Å²) in [5.41, 5.74) is 1.60. The predicted octanol–water partition coefficient (Wildman–Crippen LogP) is 1.09. The van der Waals surface area contributed by atoms with Crippen molar-refractivity contribution >= 4 is 17.6 Å². The maximum Gasteiger partial charge on any atom is 0.343 e. The fraction of sp³-hybridized carbons (Fsp3) is 0.429. The number of hydrogen-bond donors (Lipinski definition) is 2. The molecule has 2 N–H and O–H groups in total. The second kappa shape index (κ2) is 8.16. The zero-order chi connectivity index (χ0) is 15.0. The van der Waals surface area contributed by atoms with E-state index in [1.807, 2.05) is 6.92 Å². The van der Waals surface area contributed by atoms with Gasteiger partial charge in [0.25, 0.3) is 0 Å². The maximum absolute atomic E-state index is 11.6. The van der Waals surface area contributed by atoms with Crippen LogP contribution in [0.5, 0.6) is 5.75 Å². The van der Waals surface area contributed by atoms with Crippen molar-refractivity contribution in [2.24, 2.45) is 0 Å². The zero-order valence-corrected chi connectivity index (χ0v) is 12.0. The van der Waals surface area contributed by atoms with Crippen LogP contribution in [0.1, 0.15) is 12.0 Å². The number of hydrogen-bond acceptors (Lipinski definition) is 5. The van der Waals surface area contributed by atoms with Crippen LogP contribution in [0.4, 0.5) is 5.69 Å². The second-order valence-corrected chi connectivity index (χ2v) is 4.24. The van der Waals surface area contributed by atoms with Gasteiger partial charge in [-0.05, 0) is 37.7 Å². The maximum atomic E-state index is 11.6. The Bertz CT molecular complexity index is 474. The first-order valence-electron chi connectivity index (χ1n) is 6.31. The Hall–Kier alpha value is -2.08. The number of rotatable bonds is 7. The van der Waals surface area contributed by atoms with Crippen molar-refractivity contribution in [2.45, 2.75) is 13.3 Å². The minimum atomic E-state index is -0.438. The first kappa shape index (κ1) is 16.0. The summed E-state index contributed by atoms with van der Waals surface area (Å²) in [7, 11) is 3.10. The molecule has 110 valence electrons. The van der Waals surface area contributed by atoms with Crippen LogP contribution in [-0.2, 0) is 14.3 Å². The fourth-order valence-electron chi connectivity index (χ4n) is 1.52. The number of anilines is 1. The number of nitrogens with one attached hydrogen (secondary N) is 2. The van der Waals surface area contributed by atoms with Gasteiger partial charge in [0.1, 0.15) is 5.75 Å². The molecule has 0 saturated carbocycles. The summed E-state index contributed by atoms with van der Waals surface area (Å²) >= 11 is 0. The lowest BCUT2D eigenvalue weighted by molar-refractivity contribution is -0.142. The molecule has 0 fully saturated rings. The second-order valence-electron chi connectivity index (χ2n) is 4.24. The summed E-state index contributed by atoms with van der Waals surface area (Å²) < 4.78 is 9.76. The molecule has 0 saturated heterocycles. The molecular formula is C14H20N2O4. The molecule has 0 heterocycles. The van der Waals surface area contributed by atoms with Gasteiger partial charge < -0.3 is 20.1 Å². The van der Waals surface area contributed by atoms with Crippen LogP contribution in [0.15, 0.2) is 18.2 Å². The van der Waals surface area contributed by atoms with Crippen LogP contribution >= 0.6 is 0 Å². The van der Waals surface area contributed by atoms with Crippen LogP contribution in [0.3, 0.4) is 0 Å². The predicted molar refractivity (Wildman–Crippen MR) is 75.9 cm³/mol. The summed E-state index contributed by atoms with van der Waals surface area (Å²) in [6.07, 6.45) is 0.413. The van der Waals surface area contributed by atoms with Crippen molar-refractivity contribution in [3.05, 3.63) is 23.8 Å². The molecule has 0 aliphatic carbocycles. The monoisotopic (exact) mass is 280 g/mol. The Labute approximate surface area is 118 Å². The van der Waals surface area contributed by atoms with Gasteiger partial charge in [-0.25, -0.2) is 4.79 Å². The third-order valence-corrected chi connectivity index (χ3v) is 2.66. The van der Waals surface area contributed by atoms with E-state index < -0.39 is 5.97 Å². The number of methoxy groups -OCH3 is 1. The van der Waals surface area contributed by atoms with E-state index in [0.29, 0.717) is 18.7 Å². The average Bonchev–Trinajstić information content (AvgIpc) is 2.45. The summed E-state index contributed by atoms with van der Waals surface area (Å²) in [5.74, 6) is 0.0684. The van der Waals surface area contributed by atoms with E-state index in [1.165, 1.54) is 7.11 Å². The van der Waals surface area contributed by atoms with Gasteiger partial charge in [0.05, 0.1) is 7.11 Å². The number of ether oxygens (including phenoxy) is 2. The Morgan fingerprint density at radius 2 is 2.05 bits per heavy atom. The molecule has 0 bridgehead atoms. The van der Waals surface area contributed by atoms with Crippen molar-refractivity contribution in [3.8, 4) is 5.75 Å². The van der Waals surface area contributed by atoms with Crippen LogP contribution in [0.25, 0.3) is 0 Å². The SMILES string of the molecule is CNCCC(=O)Nc1ccc(OCC(=O)OC)cc1C. The molecule has 0 unspecified atom stereocenters. The van der Waals surface area contributed by atoms with Gasteiger partial charge >= 0.3 is 5.97 Å². The van der Waals surface area contributed by atoms with E-state index in [4.69, 9.17) is 4.74 Å². The molecular weight excluding hydrogens is 260 g/mol. The highest BCUT2D eigenvalue weighted by Crippen LogP contribution is 2.21. The molecule has 1 amide bonds. The highest BCUT2D eigenvalue weighted by Gasteiger charge is 2.07. The fourth-order valence-corrected chi connectivity index (χ4v) is 1.52. The zero-order valence-electron chi connectivity index (χ0n) is 12.0. The molecule has 1 aromatic carbocycles. The van der Waals surface area contributed by atoms with Crippen molar-refractivity contribution in [3.63, 3.8) is 0 Å². The van der Waals surface area contributed by atoms with Gasteiger partial charge in [0.2, 0.25) is 5.91 Å². The van der Waals surface area contributed by atoms with E-state index in [9.17, 15) is 9.59 Å². The first-order chi connectivity index (χ1) is 9.56. The standard InChI is InChI=1S/C14H20N2O4/c1-10-8-11(20-9-14(18)19-3)4-5-12(10)16-13(17)6-7-15-2/h4-5,8,15H,6-7,9H2,1-3H3,(H,16,17). The average molecular weight is 280 g/mol. The number of carbonyl (C=O) groups is 2. The molecule has 6 heteroatoms. The summed E-state index contributed by atoms with van der Waals surface area (Å²) in [6.45, 7) is 2.35. The number of carbonyl (C=O) groups excluding carboxylic acids is 2. The third-order valence-electron chi connectivity index (χ3n) is 2.66. The Morgan fingerprint density at radius 3 is 2.65 bits per heavy atom. The number of esters is 1. The lowest BCUT2D eigenvalue weighted by Crippen LogP contribution is -2.19. The summed E-state index contributed by atoms with van der Waals surface area (Å²) in [5, 5.41) is 5.74. The van der Waals surface area contributed by atoms with Gasteiger partial charge in [-0.2, -0.15) is 0 Å². The molecule has 0 spiro atoms. The molecule has 0 aliphatic heterocycles. The lowest BCUT2D eigenvalue weighted by Gasteiger charge is -2.11. The minimum Gasteiger partial charge on any atom is -0.482 e. The quantitative estimate of drug-likeness (QED) is 0.731. The summed E-state index contributed by atoms with van der Waals surface area (Å²) in [4.78, 5) is 22.6. The molecule has 0 atom stereocenters. The minimum absolute atomic E-state index is 0.0503. The van der Waals surface area contributed by atoms with Crippen molar-refractivity contribution < 1.29 is 19.1 Å². The summed E-state index contributed by atoms with van der Waals surface area (Å²) in [6, 6.07) is 5.21. The number of aryl methyl sites for hydroxylation is 1. The normalized spacial score (nSPS) is 9.95. The topological polar surface area (TPSA) is 76.7 Å². The molecule has 1 aromatic rings. The molecule has 0 aliphatic rings. The smallest absolute Gasteiger partial charge is 0.343 e. The Kier molecular flexibility index (Phi) is 6.52. The Morgan fingerprint density at radius 1 is 1.30 bits per heavy atom. The van der Waals surface area contributed by atoms with Crippen LogP contribution in [0, 0.1) is 6.92 Å². The largest absolute Gasteiger partial charge is 0.482 e. The molecule has 6 nitrogen and oxygen atoms in total. The third kappa shape index (κ3) is 5.27. The van der Waals surface area contributed by atoms with Crippen LogP contribution < -0.4 is 15.4 Å². The van der Waals surface area contributed by atoms with E-state index in [-0.39, 0.29) is 12.5 Å². The van der Waals surface area contributed by atoms with Crippen LogP contribution in [0.2, 0.25) is 0 Å². The van der Waals surface area contributed by atoms with E-state index in [0.717, 1.165) is 11.3 Å². The highest BCUT2D eigenvalue weighted by atomic mass is 16.6. The van der Waals surface area contributed by atoms with Crippen molar-refractivity contribution in [1.29, 1.82) is 0 Å². The molecule has 20 heavy (non-hydrogen) atoms. The highest BCUT2D eigenvalue weighted by molar-refractivity contribution is 5.91. The number of benzene rings is 1. The van der Waals surface area contributed by atoms with Gasteiger partial charge in [0, 0.05) is 18.7 Å². The lowest BCUT2D eigenvalue weighted by atomic mass is 10.2. The van der Waals surface area contributed by atoms with Gasteiger partial charge in [0.15, 0.2) is 6.61 Å². The van der Waals surface area contributed by atoms with Crippen molar-refractivity contribution in [1.82, 2.24) is 5.32 Å². The number of amides is 1. The Balaban J connectivity index is 2.59. The van der Waals surface area contributed by atoms with Gasteiger partial charge in [-0.15, -0.1) is 0 Å².